The minimum absolute atomic E-state index is 0.0325. The standard InChI is InChI=1S/C51H59F5N5O8PS/c1-4-23-67-48(65)31(2)58-70(66,69-39-13-9-6-10-14-39)50(52,53)35-15-20-43-33(24-35)25-44(71-43)45(62)57-41-18-16-36(59(3)38-27-40(28-38)68-51(54,55)56)26-37-17-19-42(61(37)46(41)63)47(64)60-30-34(29-49(60)21-22-49)32-11-7-5-8-12-32/h5-15,20,24-25,31,34,36-38,40-42H,4,16-19,21-23,26-30H2,1-3H3,(H,57,62)(H,58,66)/t31-,34+,36-,37+,38?,40?,41-,42-,70?/m0/s1. The first-order valence-electron chi connectivity index (χ1n) is 24.4. The van der Waals surface area contributed by atoms with Crippen molar-refractivity contribution in [3.63, 3.8) is 0 Å². The highest BCUT2D eigenvalue weighted by Crippen LogP contribution is 2.63. The zero-order valence-electron chi connectivity index (χ0n) is 39.7. The molecule has 1 spiro atoms. The Morgan fingerprint density at radius 1 is 0.915 bits per heavy atom. The Kier molecular flexibility index (Phi) is 14.5. The third-order valence-corrected chi connectivity index (χ3v) is 18.4. The van der Waals surface area contributed by atoms with Crippen LogP contribution in [0, 0.1) is 0 Å². The van der Waals surface area contributed by atoms with Crippen molar-refractivity contribution in [1.29, 1.82) is 0 Å². The zero-order valence-corrected chi connectivity index (χ0v) is 41.5. The van der Waals surface area contributed by atoms with Gasteiger partial charge >= 0.3 is 25.5 Å². The minimum atomic E-state index is -5.30. The number of para-hydroxylation sites is 1. The predicted octanol–water partition coefficient (Wildman–Crippen LogP) is 9.71. The van der Waals surface area contributed by atoms with Gasteiger partial charge < -0.3 is 29.3 Å². The summed E-state index contributed by atoms with van der Waals surface area (Å²) in [7, 11) is -3.44. The topological polar surface area (TPSA) is 147 Å². The average molecular weight is 1030 g/mol. The number of likely N-dealkylation sites (tertiary alicyclic amines) is 1. The van der Waals surface area contributed by atoms with Crippen LogP contribution in [0.25, 0.3) is 10.1 Å². The lowest BCUT2D eigenvalue weighted by Gasteiger charge is -2.47. The molecular formula is C51H59F5N5O8PS. The van der Waals surface area contributed by atoms with Crippen molar-refractivity contribution in [2.75, 3.05) is 20.2 Å². The molecule has 0 bridgehead atoms. The van der Waals surface area contributed by atoms with Crippen molar-refractivity contribution < 1.29 is 59.7 Å². The molecule has 3 aliphatic heterocycles. The Morgan fingerprint density at radius 2 is 1.62 bits per heavy atom. The van der Waals surface area contributed by atoms with Gasteiger partial charge in [-0.05, 0) is 126 Å². The van der Waals surface area contributed by atoms with Crippen LogP contribution in [0.1, 0.15) is 111 Å². The van der Waals surface area contributed by atoms with Gasteiger partial charge in [-0.25, -0.2) is 5.09 Å². The van der Waals surface area contributed by atoms with Crippen LogP contribution in [0.3, 0.4) is 0 Å². The van der Waals surface area contributed by atoms with Gasteiger partial charge in [0.25, 0.3) is 5.91 Å². The Bertz CT molecular complexity index is 2650. The number of nitrogens with zero attached hydrogens (tertiary/aromatic N) is 3. The quantitative estimate of drug-likeness (QED) is 0.0632. The van der Waals surface area contributed by atoms with E-state index in [1.807, 2.05) is 30.1 Å². The Balaban J connectivity index is 0.964. The molecule has 0 radical (unpaired) electrons. The fraction of sp³-hybridized carbons (Fsp3) is 0.529. The zero-order chi connectivity index (χ0) is 50.5. The summed E-state index contributed by atoms with van der Waals surface area (Å²) in [5.74, 6) is -2.03. The molecule has 20 heteroatoms. The molecular weight excluding hydrogens is 969 g/mol. The number of thiophene rings is 1. The van der Waals surface area contributed by atoms with Crippen LogP contribution in [0.4, 0.5) is 22.0 Å². The average Bonchev–Trinajstić information content (AvgIpc) is 3.60. The third-order valence-electron chi connectivity index (χ3n) is 15.1. The van der Waals surface area contributed by atoms with Crippen molar-refractivity contribution in [3.8, 4) is 5.75 Å². The molecule has 4 aromatic rings. The molecule has 2 saturated carbocycles. The maximum atomic E-state index is 16.8. The van der Waals surface area contributed by atoms with E-state index in [2.05, 4.69) is 32.2 Å². The first-order chi connectivity index (χ1) is 33.8. The number of benzene rings is 3. The van der Waals surface area contributed by atoms with Gasteiger partial charge in [-0.1, -0.05) is 61.5 Å². The molecule has 4 heterocycles. The van der Waals surface area contributed by atoms with E-state index in [1.165, 1.54) is 43.3 Å². The van der Waals surface area contributed by atoms with Crippen molar-refractivity contribution in [2.24, 2.45) is 0 Å². The smallest absolute Gasteiger partial charge is 0.465 e. The highest BCUT2D eigenvalue weighted by Gasteiger charge is 2.59. The maximum absolute atomic E-state index is 16.8. The van der Waals surface area contributed by atoms with Crippen LogP contribution in [0.5, 0.6) is 5.75 Å². The van der Waals surface area contributed by atoms with E-state index in [-0.39, 0.29) is 77.4 Å². The van der Waals surface area contributed by atoms with Crippen molar-refractivity contribution in [2.45, 2.75) is 150 Å². The number of hydrogen-bond donors (Lipinski definition) is 2. The van der Waals surface area contributed by atoms with Gasteiger partial charge in [-0.2, -0.15) is 8.78 Å². The lowest BCUT2D eigenvalue weighted by atomic mass is 9.85. The van der Waals surface area contributed by atoms with Crippen LogP contribution in [0.2, 0.25) is 0 Å². The van der Waals surface area contributed by atoms with Gasteiger partial charge in [0.2, 0.25) is 11.8 Å². The molecule has 3 saturated heterocycles. The summed E-state index contributed by atoms with van der Waals surface area (Å²) < 4.78 is 102. The van der Waals surface area contributed by atoms with E-state index in [1.54, 1.807) is 17.9 Å². The van der Waals surface area contributed by atoms with Crippen molar-refractivity contribution in [1.82, 2.24) is 25.1 Å². The van der Waals surface area contributed by atoms with Gasteiger partial charge in [0, 0.05) is 46.4 Å². The first-order valence-corrected chi connectivity index (χ1v) is 26.9. The van der Waals surface area contributed by atoms with E-state index in [9.17, 15) is 36.9 Å². The van der Waals surface area contributed by atoms with Crippen LogP contribution >= 0.6 is 18.9 Å². The molecule has 5 aliphatic rings. The molecule has 3 amide bonds. The van der Waals surface area contributed by atoms with E-state index in [4.69, 9.17) is 9.26 Å². The number of amides is 3. The van der Waals surface area contributed by atoms with Gasteiger partial charge in [0.1, 0.15) is 23.9 Å². The molecule has 2 aliphatic carbocycles. The molecule has 1 unspecified atom stereocenters. The molecule has 3 aromatic carbocycles. The van der Waals surface area contributed by atoms with Gasteiger partial charge in [0.15, 0.2) is 0 Å². The Labute approximate surface area is 413 Å². The molecule has 2 N–H and O–H groups in total. The molecule has 71 heavy (non-hydrogen) atoms. The number of nitrogens with one attached hydrogen (secondary N) is 2. The highest BCUT2D eigenvalue weighted by molar-refractivity contribution is 7.58. The molecule has 7 atom stereocenters. The fourth-order valence-electron chi connectivity index (χ4n) is 11.0. The number of ether oxygens (including phenoxy) is 2. The molecule has 9 rings (SSSR count). The van der Waals surface area contributed by atoms with E-state index >= 15 is 8.78 Å². The van der Waals surface area contributed by atoms with E-state index in [0.29, 0.717) is 43.3 Å². The summed E-state index contributed by atoms with van der Waals surface area (Å²) in [5.41, 5.74) is -4.03. The van der Waals surface area contributed by atoms with Crippen molar-refractivity contribution >= 4 is 52.6 Å². The lowest BCUT2D eigenvalue weighted by molar-refractivity contribution is -0.354. The van der Waals surface area contributed by atoms with E-state index < -0.39 is 67.1 Å². The van der Waals surface area contributed by atoms with Crippen LogP contribution in [-0.2, 0) is 34.1 Å². The molecule has 1 aromatic heterocycles. The maximum Gasteiger partial charge on any atom is 0.522 e. The van der Waals surface area contributed by atoms with Crippen molar-refractivity contribution in [3.05, 3.63) is 101 Å². The van der Waals surface area contributed by atoms with Crippen LogP contribution in [-0.4, -0.2) is 113 Å². The summed E-state index contributed by atoms with van der Waals surface area (Å²) in [4.78, 5) is 62.6. The number of fused-ring (bicyclic) bond motifs is 2. The molecule has 5 fully saturated rings. The van der Waals surface area contributed by atoms with Gasteiger partial charge in [0.05, 0.1) is 17.6 Å². The number of alkyl halides is 5. The highest BCUT2D eigenvalue weighted by atomic mass is 32.1. The monoisotopic (exact) mass is 1030 g/mol. The number of hydrogen-bond acceptors (Lipinski definition) is 10. The second kappa shape index (κ2) is 20.2. The molecule has 382 valence electrons. The summed E-state index contributed by atoms with van der Waals surface area (Å²) in [6.45, 7) is 3.58. The van der Waals surface area contributed by atoms with Gasteiger partial charge in [-0.15, -0.1) is 24.5 Å². The normalized spacial score (nSPS) is 26.5. The summed E-state index contributed by atoms with van der Waals surface area (Å²) in [6, 6.07) is 18.4. The fourth-order valence-corrected chi connectivity index (χ4v) is 13.8. The summed E-state index contributed by atoms with van der Waals surface area (Å²) >= 11 is 1.01. The summed E-state index contributed by atoms with van der Waals surface area (Å²) in [6.07, 6.45) is -0.240. The Hall–Kier alpha value is -4.94. The second-order valence-electron chi connectivity index (χ2n) is 19.8. The summed E-state index contributed by atoms with van der Waals surface area (Å²) in [5, 5.41) is 5.40. The van der Waals surface area contributed by atoms with E-state index in [0.717, 1.165) is 48.3 Å². The number of esters is 1. The second-order valence-corrected chi connectivity index (χ2v) is 23.0. The number of rotatable bonds is 16. The van der Waals surface area contributed by atoms with Gasteiger partial charge in [-0.3, -0.25) is 28.5 Å². The number of halogens is 5. The number of carbonyl (C=O) groups excluding carboxylic acids is 4. The van der Waals surface area contributed by atoms with Crippen LogP contribution in [0.15, 0.2) is 84.9 Å². The lowest BCUT2D eigenvalue weighted by Crippen LogP contribution is -2.60. The number of carbonyl (C=O) groups is 4. The third kappa shape index (κ3) is 10.6. The molecule has 13 nitrogen and oxygen atoms in total. The first kappa shape index (κ1) is 51.0. The largest absolute Gasteiger partial charge is 0.522 e. The predicted molar refractivity (Wildman–Crippen MR) is 256 cm³/mol. The Morgan fingerprint density at radius 3 is 2.30 bits per heavy atom. The SMILES string of the molecule is CCCOC(=O)[C@H](C)NP(=O)(Oc1ccccc1)C(F)(F)c1ccc2sc(C(=O)N[C@H]3CC[C@H](N(C)C4CC(OC(F)(F)F)C4)C[C@H]4CC[C@@H](C(=O)N5C[C@H](c6ccccc6)CC56CC6)N4C3=O)cc2c1. The minimum Gasteiger partial charge on any atom is -0.465 e. The van der Waals surface area contributed by atoms with Crippen LogP contribution < -0.4 is 14.9 Å².